The first-order valence-electron chi connectivity index (χ1n) is 3.27. The van der Waals surface area contributed by atoms with E-state index in [0.717, 1.165) is 0 Å². The summed E-state index contributed by atoms with van der Waals surface area (Å²) in [6, 6.07) is 1.38. The fraction of sp³-hybridized carbons (Fsp3) is 0.333. The normalized spacial score (nSPS) is 12.8. The van der Waals surface area contributed by atoms with Crippen LogP contribution >= 0.6 is 11.3 Å². The van der Waals surface area contributed by atoms with Crippen LogP contribution in [-0.2, 0) is 10.8 Å². The Bertz CT molecular complexity index is 320. The Labute approximate surface area is 75.8 Å². The predicted octanol–water partition coefficient (Wildman–Crippen LogP) is 1.78. The third-order valence-corrected chi connectivity index (χ3v) is 3.96. The molecule has 1 unspecified atom stereocenters. The molecule has 12 heavy (non-hydrogen) atoms. The van der Waals surface area contributed by atoms with Crippen molar-refractivity contribution in [2.24, 2.45) is 0 Å². The second-order valence-electron chi connectivity index (χ2n) is 1.98. The molecule has 0 spiro atoms. The first-order valence-corrected chi connectivity index (χ1v) is 5.47. The summed E-state index contributed by atoms with van der Waals surface area (Å²) in [5.74, 6) is 0.418. The quantitative estimate of drug-likeness (QED) is 0.558. The van der Waals surface area contributed by atoms with Crippen molar-refractivity contribution in [3.05, 3.63) is 21.6 Å². The van der Waals surface area contributed by atoms with Gasteiger partial charge in [0.15, 0.2) is 4.21 Å². The van der Waals surface area contributed by atoms with Gasteiger partial charge in [0.1, 0.15) is 0 Å². The number of nitro groups is 1. The van der Waals surface area contributed by atoms with Crippen LogP contribution < -0.4 is 0 Å². The molecule has 0 aliphatic carbocycles. The highest BCUT2D eigenvalue weighted by atomic mass is 32.2. The molecule has 0 N–H and O–H groups in total. The second kappa shape index (κ2) is 3.77. The topological polar surface area (TPSA) is 60.2 Å². The van der Waals surface area contributed by atoms with E-state index >= 15 is 0 Å². The van der Waals surface area contributed by atoms with E-state index in [1.807, 2.05) is 0 Å². The summed E-state index contributed by atoms with van der Waals surface area (Å²) in [5.41, 5.74) is -0.0276. The van der Waals surface area contributed by atoms with Crippen LogP contribution in [0.5, 0.6) is 0 Å². The molecule has 0 saturated heterocycles. The Hall–Kier alpha value is -0.750. The smallest absolute Gasteiger partial charge is 0.258 e. The van der Waals surface area contributed by atoms with Crippen LogP contribution in [0.1, 0.15) is 6.92 Å². The van der Waals surface area contributed by atoms with Crippen molar-refractivity contribution in [3.8, 4) is 0 Å². The molecule has 0 fully saturated rings. The van der Waals surface area contributed by atoms with Gasteiger partial charge in [0, 0.05) is 11.8 Å². The summed E-state index contributed by atoms with van der Waals surface area (Å²) < 4.78 is 11.6. The highest BCUT2D eigenvalue weighted by molar-refractivity contribution is 7.87. The number of thiophene rings is 1. The lowest BCUT2D eigenvalue weighted by Gasteiger charge is -1.92. The number of nitrogens with zero attached hydrogens (tertiary/aromatic N) is 1. The van der Waals surface area contributed by atoms with Gasteiger partial charge >= 0.3 is 0 Å². The molecule has 0 radical (unpaired) electrons. The van der Waals surface area contributed by atoms with Crippen LogP contribution in [0.2, 0.25) is 0 Å². The maximum Gasteiger partial charge on any atom is 0.296 e. The summed E-state index contributed by atoms with van der Waals surface area (Å²) >= 11 is 1.17. The number of hydrogen-bond donors (Lipinski definition) is 0. The SMILES string of the molecule is CCS(=O)c1sccc1[N+](=O)[O-]. The predicted molar refractivity (Wildman–Crippen MR) is 47.9 cm³/mol. The lowest BCUT2D eigenvalue weighted by Crippen LogP contribution is -1.95. The summed E-state index contributed by atoms with van der Waals surface area (Å²) in [7, 11) is -1.21. The molecule has 1 rings (SSSR count). The molecule has 0 aromatic carbocycles. The first kappa shape index (κ1) is 9.34. The van der Waals surface area contributed by atoms with E-state index in [0.29, 0.717) is 9.96 Å². The van der Waals surface area contributed by atoms with Crippen LogP contribution in [0.25, 0.3) is 0 Å². The van der Waals surface area contributed by atoms with E-state index < -0.39 is 15.7 Å². The average molecular weight is 205 g/mol. The Morgan fingerprint density at radius 3 is 2.92 bits per heavy atom. The number of hydrogen-bond acceptors (Lipinski definition) is 4. The van der Waals surface area contributed by atoms with Crippen LogP contribution in [0.3, 0.4) is 0 Å². The van der Waals surface area contributed by atoms with Crippen molar-refractivity contribution in [2.45, 2.75) is 11.1 Å². The van der Waals surface area contributed by atoms with Gasteiger partial charge in [-0.25, -0.2) is 0 Å². The van der Waals surface area contributed by atoms with Gasteiger partial charge in [-0.05, 0) is 5.38 Å². The average Bonchev–Trinajstić information content (AvgIpc) is 2.50. The summed E-state index contributed by atoms with van der Waals surface area (Å²) in [6.07, 6.45) is 0. The van der Waals surface area contributed by atoms with Crippen molar-refractivity contribution in [1.82, 2.24) is 0 Å². The zero-order chi connectivity index (χ0) is 9.14. The standard InChI is InChI=1S/C6H7NO3S2/c1-2-12(10)6-5(7(8)9)3-4-11-6/h3-4H,2H2,1H3. The van der Waals surface area contributed by atoms with Crippen LogP contribution in [0.4, 0.5) is 5.69 Å². The number of rotatable bonds is 3. The van der Waals surface area contributed by atoms with E-state index in [1.165, 1.54) is 17.4 Å². The molecule has 1 aromatic rings. The third-order valence-electron chi connectivity index (χ3n) is 1.28. The van der Waals surface area contributed by atoms with Gasteiger partial charge in [0.25, 0.3) is 5.69 Å². The molecule has 0 amide bonds. The Kier molecular flexibility index (Phi) is 2.93. The van der Waals surface area contributed by atoms with Crippen molar-refractivity contribution in [1.29, 1.82) is 0 Å². The monoisotopic (exact) mass is 205 g/mol. The minimum atomic E-state index is -1.21. The van der Waals surface area contributed by atoms with Gasteiger partial charge in [-0.15, -0.1) is 11.3 Å². The second-order valence-corrected chi connectivity index (χ2v) is 4.84. The molecular weight excluding hydrogens is 198 g/mol. The first-order chi connectivity index (χ1) is 5.66. The van der Waals surface area contributed by atoms with Crippen molar-refractivity contribution in [2.75, 3.05) is 5.75 Å². The minimum Gasteiger partial charge on any atom is -0.258 e. The fourth-order valence-electron chi connectivity index (χ4n) is 0.725. The lowest BCUT2D eigenvalue weighted by atomic mass is 10.6. The lowest BCUT2D eigenvalue weighted by molar-refractivity contribution is -0.387. The third kappa shape index (κ3) is 1.70. The van der Waals surface area contributed by atoms with Gasteiger partial charge in [-0.1, -0.05) is 6.92 Å². The Morgan fingerprint density at radius 2 is 2.42 bits per heavy atom. The molecule has 0 aliphatic rings. The highest BCUT2D eigenvalue weighted by Crippen LogP contribution is 2.27. The summed E-state index contributed by atoms with van der Waals surface area (Å²) in [6.45, 7) is 1.74. The molecule has 0 saturated carbocycles. The molecule has 6 heteroatoms. The van der Waals surface area contributed by atoms with Crippen molar-refractivity contribution in [3.63, 3.8) is 0 Å². The highest BCUT2D eigenvalue weighted by Gasteiger charge is 2.18. The zero-order valence-corrected chi connectivity index (χ0v) is 7.98. The fourth-order valence-corrected chi connectivity index (χ4v) is 2.90. The summed E-state index contributed by atoms with van der Waals surface area (Å²) in [4.78, 5) is 9.88. The van der Waals surface area contributed by atoms with Crippen LogP contribution in [0, 0.1) is 10.1 Å². The molecule has 1 aromatic heterocycles. The Balaban J connectivity index is 3.07. The van der Waals surface area contributed by atoms with Crippen molar-refractivity contribution < 1.29 is 9.13 Å². The van der Waals surface area contributed by atoms with Crippen molar-refractivity contribution >= 4 is 27.8 Å². The van der Waals surface area contributed by atoms with E-state index in [4.69, 9.17) is 0 Å². The molecule has 0 bridgehead atoms. The molecule has 1 heterocycles. The van der Waals surface area contributed by atoms with Gasteiger partial charge < -0.3 is 0 Å². The zero-order valence-electron chi connectivity index (χ0n) is 6.35. The van der Waals surface area contributed by atoms with Gasteiger partial charge in [0.05, 0.1) is 15.7 Å². The molecular formula is C6H7NO3S2. The van der Waals surface area contributed by atoms with Gasteiger partial charge in [0.2, 0.25) is 0 Å². The van der Waals surface area contributed by atoms with E-state index in [-0.39, 0.29) is 5.69 Å². The largest absolute Gasteiger partial charge is 0.296 e. The van der Waals surface area contributed by atoms with Crippen LogP contribution in [-0.4, -0.2) is 14.9 Å². The minimum absolute atomic E-state index is 0.0276. The van der Waals surface area contributed by atoms with Gasteiger partial charge in [-0.3, -0.25) is 14.3 Å². The maximum absolute atomic E-state index is 11.2. The maximum atomic E-state index is 11.2. The van der Waals surface area contributed by atoms with E-state index in [1.54, 1.807) is 12.3 Å². The molecule has 4 nitrogen and oxygen atoms in total. The Morgan fingerprint density at radius 1 is 1.75 bits per heavy atom. The van der Waals surface area contributed by atoms with E-state index in [2.05, 4.69) is 0 Å². The molecule has 1 atom stereocenters. The summed E-state index contributed by atoms with van der Waals surface area (Å²) in [5, 5.41) is 12.0. The van der Waals surface area contributed by atoms with Gasteiger partial charge in [-0.2, -0.15) is 0 Å². The molecule has 0 aliphatic heterocycles. The van der Waals surface area contributed by atoms with E-state index in [9.17, 15) is 14.3 Å². The van der Waals surface area contributed by atoms with Crippen LogP contribution in [0.15, 0.2) is 15.7 Å². The molecule has 66 valence electrons.